The second-order valence-electron chi connectivity index (χ2n) is 6.54. The van der Waals surface area contributed by atoms with Crippen LogP contribution in [0.15, 0.2) is 71.1 Å². The summed E-state index contributed by atoms with van der Waals surface area (Å²) in [5.41, 5.74) is 3.23. The predicted molar refractivity (Wildman–Crippen MR) is 113 cm³/mol. The van der Waals surface area contributed by atoms with Crippen molar-refractivity contribution in [3.8, 4) is 0 Å². The molecular weight excluding hydrogens is 407 g/mol. The molecule has 5 rings (SSSR count). The van der Waals surface area contributed by atoms with Crippen LogP contribution in [-0.2, 0) is 5.75 Å². The van der Waals surface area contributed by atoms with Gasteiger partial charge in [0.15, 0.2) is 4.34 Å². The molecule has 0 fully saturated rings. The first-order valence-corrected chi connectivity index (χ1v) is 10.7. The van der Waals surface area contributed by atoms with E-state index < -0.39 is 0 Å². The van der Waals surface area contributed by atoms with E-state index in [9.17, 15) is 14.0 Å². The van der Waals surface area contributed by atoms with Crippen LogP contribution >= 0.6 is 23.1 Å². The Morgan fingerprint density at radius 2 is 1.62 bits per heavy atom. The number of amides is 2. The largest absolute Gasteiger partial charge is 0.268 e. The molecule has 4 nitrogen and oxygen atoms in total. The Labute approximate surface area is 174 Å². The van der Waals surface area contributed by atoms with Crippen molar-refractivity contribution in [1.82, 2.24) is 4.98 Å². The number of nitrogens with zero attached hydrogens (tertiary/aromatic N) is 2. The molecule has 142 valence electrons. The second kappa shape index (κ2) is 7.09. The van der Waals surface area contributed by atoms with Crippen LogP contribution in [0.3, 0.4) is 0 Å². The number of thiazole rings is 1. The van der Waals surface area contributed by atoms with Gasteiger partial charge in [0.05, 0.1) is 27.0 Å². The maximum Gasteiger partial charge on any atom is 0.266 e. The van der Waals surface area contributed by atoms with Gasteiger partial charge in [-0.25, -0.2) is 14.3 Å². The van der Waals surface area contributed by atoms with Gasteiger partial charge in [-0.05, 0) is 48.0 Å². The van der Waals surface area contributed by atoms with Gasteiger partial charge in [-0.3, -0.25) is 9.59 Å². The third kappa shape index (κ3) is 3.22. The Balaban J connectivity index is 1.41. The van der Waals surface area contributed by atoms with Crippen LogP contribution in [0.2, 0.25) is 0 Å². The van der Waals surface area contributed by atoms with E-state index in [2.05, 4.69) is 4.98 Å². The van der Waals surface area contributed by atoms with Crippen molar-refractivity contribution in [3.05, 3.63) is 89.2 Å². The number of hydrogen-bond donors (Lipinski definition) is 0. The van der Waals surface area contributed by atoms with Gasteiger partial charge in [0.2, 0.25) is 0 Å². The Bertz CT molecular complexity index is 1230. The summed E-state index contributed by atoms with van der Waals surface area (Å²) in [4.78, 5) is 31.2. The normalized spacial score (nSPS) is 13.3. The summed E-state index contributed by atoms with van der Waals surface area (Å²) in [5.74, 6) is -0.175. The summed E-state index contributed by atoms with van der Waals surface area (Å²) < 4.78 is 14.8. The fraction of sp³-hybridized carbons (Fsp3) is 0.0455. The third-order valence-corrected chi connectivity index (χ3v) is 6.91. The molecule has 29 heavy (non-hydrogen) atoms. The molecule has 0 aliphatic carbocycles. The molecule has 2 heterocycles. The van der Waals surface area contributed by atoms with Crippen LogP contribution in [0.4, 0.5) is 10.1 Å². The minimum Gasteiger partial charge on any atom is -0.268 e. The molecule has 1 aliphatic heterocycles. The van der Waals surface area contributed by atoms with E-state index in [-0.39, 0.29) is 17.6 Å². The summed E-state index contributed by atoms with van der Waals surface area (Å²) >= 11 is 3.08. The average molecular weight is 420 g/mol. The lowest BCUT2D eigenvalue weighted by Crippen LogP contribution is -2.29. The van der Waals surface area contributed by atoms with E-state index in [1.807, 2.05) is 12.1 Å². The number of hydrogen-bond acceptors (Lipinski definition) is 5. The van der Waals surface area contributed by atoms with Crippen LogP contribution in [0.25, 0.3) is 10.2 Å². The number of rotatable bonds is 4. The van der Waals surface area contributed by atoms with Crippen molar-refractivity contribution in [2.24, 2.45) is 0 Å². The fourth-order valence-corrected chi connectivity index (χ4v) is 5.30. The van der Waals surface area contributed by atoms with E-state index >= 15 is 0 Å². The summed E-state index contributed by atoms with van der Waals surface area (Å²) in [6, 6.07) is 18.7. The minimum atomic E-state index is -0.305. The van der Waals surface area contributed by atoms with Crippen LogP contribution < -0.4 is 4.90 Å². The van der Waals surface area contributed by atoms with Gasteiger partial charge in [0.25, 0.3) is 11.8 Å². The number of carbonyl (C=O) groups excluding carboxylic acids is 2. The number of fused-ring (bicyclic) bond motifs is 2. The van der Waals surface area contributed by atoms with Crippen molar-refractivity contribution < 1.29 is 14.0 Å². The predicted octanol–water partition coefficient (Wildman–Crippen LogP) is 5.53. The van der Waals surface area contributed by atoms with Gasteiger partial charge < -0.3 is 0 Å². The molecule has 7 heteroatoms. The van der Waals surface area contributed by atoms with E-state index in [4.69, 9.17) is 0 Å². The number of halogens is 1. The molecule has 0 saturated carbocycles. The highest BCUT2D eigenvalue weighted by molar-refractivity contribution is 8.00. The molecule has 1 aliphatic rings. The molecule has 0 N–H and O–H groups in total. The van der Waals surface area contributed by atoms with Crippen molar-refractivity contribution >= 4 is 50.8 Å². The van der Waals surface area contributed by atoms with E-state index in [0.717, 1.165) is 20.1 Å². The lowest BCUT2D eigenvalue weighted by molar-refractivity contribution is 0.0926. The zero-order valence-electron chi connectivity index (χ0n) is 15.0. The van der Waals surface area contributed by atoms with Crippen LogP contribution in [0, 0.1) is 5.82 Å². The smallest absolute Gasteiger partial charge is 0.266 e. The van der Waals surface area contributed by atoms with Crippen molar-refractivity contribution in [2.75, 3.05) is 4.90 Å². The number of thioether (sulfide) groups is 1. The van der Waals surface area contributed by atoms with Crippen molar-refractivity contribution in [3.63, 3.8) is 0 Å². The number of carbonyl (C=O) groups is 2. The van der Waals surface area contributed by atoms with E-state index in [0.29, 0.717) is 22.6 Å². The molecule has 0 saturated heterocycles. The maximum absolute atomic E-state index is 13.0. The quantitative estimate of drug-likeness (QED) is 0.322. The molecule has 0 atom stereocenters. The fourth-order valence-electron chi connectivity index (χ4n) is 3.24. The van der Waals surface area contributed by atoms with Gasteiger partial charge in [-0.2, -0.15) is 0 Å². The molecule has 0 spiro atoms. The average Bonchev–Trinajstić information content (AvgIpc) is 3.26. The lowest BCUT2D eigenvalue weighted by Gasteiger charge is -2.13. The van der Waals surface area contributed by atoms with E-state index in [1.165, 1.54) is 28.4 Å². The Morgan fingerprint density at radius 3 is 2.31 bits per heavy atom. The van der Waals surface area contributed by atoms with Gasteiger partial charge in [-0.15, -0.1) is 11.3 Å². The number of aromatic nitrogens is 1. The summed E-state index contributed by atoms with van der Waals surface area (Å²) in [6.07, 6.45) is 0. The summed E-state index contributed by atoms with van der Waals surface area (Å²) in [6.45, 7) is 0. The van der Waals surface area contributed by atoms with Gasteiger partial charge in [-0.1, -0.05) is 36.0 Å². The highest BCUT2D eigenvalue weighted by atomic mass is 32.2. The van der Waals surface area contributed by atoms with Crippen LogP contribution in [0.1, 0.15) is 26.3 Å². The first-order chi connectivity index (χ1) is 14.1. The summed E-state index contributed by atoms with van der Waals surface area (Å²) in [7, 11) is 0. The number of imide groups is 1. The van der Waals surface area contributed by atoms with Gasteiger partial charge >= 0.3 is 0 Å². The Hall–Kier alpha value is -3.03. The molecule has 1 aromatic heterocycles. The number of anilines is 1. The Morgan fingerprint density at radius 1 is 0.931 bits per heavy atom. The monoisotopic (exact) mass is 420 g/mol. The molecule has 0 radical (unpaired) electrons. The first-order valence-electron chi connectivity index (χ1n) is 8.86. The highest BCUT2D eigenvalue weighted by Crippen LogP contribution is 2.35. The topological polar surface area (TPSA) is 50.3 Å². The van der Waals surface area contributed by atoms with Gasteiger partial charge in [0, 0.05) is 5.75 Å². The zero-order valence-corrected chi connectivity index (χ0v) is 16.6. The van der Waals surface area contributed by atoms with Crippen molar-refractivity contribution in [2.45, 2.75) is 10.1 Å². The minimum absolute atomic E-state index is 0.251. The molecule has 2 amide bonds. The standard InChI is InChI=1S/C22H13FN2O2S2/c23-14-7-5-13(6-8-14)12-28-22-24-18-10-9-15(11-19(18)29-22)25-20(26)16-3-1-2-4-17(16)21(25)27/h1-11H,12H2. The number of benzene rings is 3. The molecule has 0 unspecified atom stereocenters. The van der Waals surface area contributed by atoms with Gasteiger partial charge in [0.1, 0.15) is 5.82 Å². The first kappa shape index (κ1) is 18.0. The SMILES string of the molecule is O=C1c2ccccc2C(=O)N1c1ccc2nc(SCc3ccc(F)cc3)sc2c1. The molecular formula is C22H13FN2O2S2. The zero-order chi connectivity index (χ0) is 20.0. The third-order valence-electron chi connectivity index (χ3n) is 4.68. The molecule has 4 aromatic rings. The van der Waals surface area contributed by atoms with E-state index in [1.54, 1.807) is 54.2 Å². The lowest BCUT2D eigenvalue weighted by atomic mass is 10.1. The second-order valence-corrected chi connectivity index (χ2v) is 8.79. The molecule has 3 aromatic carbocycles. The Kier molecular flexibility index (Phi) is 4.41. The molecule has 0 bridgehead atoms. The van der Waals surface area contributed by atoms with Crippen LogP contribution in [-0.4, -0.2) is 16.8 Å². The maximum atomic E-state index is 13.0. The van der Waals surface area contributed by atoms with Crippen LogP contribution in [0.5, 0.6) is 0 Å². The van der Waals surface area contributed by atoms with Crippen molar-refractivity contribution in [1.29, 1.82) is 0 Å². The highest BCUT2D eigenvalue weighted by Gasteiger charge is 2.36. The summed E-state index contributed by atoms with van der Waals surface area (Å²) in [5, 5.41) is 0.